The zero-order valence-corrected chi connectivity index (χ0v) is 7.57. The van der Waals surface area contributed by atoms with Crippen molar-refractivity contribution in [1.29, 1.82) is 0 Å². The molecule has 1 aromatic rings. The van der Waals surface area contributed by atoms with Crippen molar-refractivity contribution < 1.29 is 0 Å². The molecule has 0 bridgehead atoms. The second kappa shape index (κ2) is 3.51. The third kappa shape index (κ3) is 2.50. The Kier molecular flexibility index (Phi) is 2.21. The molecule has 4 heteroatoms. The zero-order valence-electron chi connectivity index (χ0n) is 7.57. The van der Waals surface area contributed by atoms with E-state index < -0.39 is 0 Å². The average molecular weight is 176 g/mol. The largest absolute Gasteiger partial charge is 0.262 e. The lowest BCUT2D eigenvalue weighted by Crippen LogP contribution is -1.94. The molecule has 0 atom stereocenters. The number of aromatic nitrogens is 2. The van der Waals surface area contributed by atoms with Gasteiger partial charge >= 0.3 is 0 Å². The van der Waals surface area contributed by atoms with Gasteiger partial charge in [0.2, 0.25) is 0 Å². The Morgan fingerprint density at radius 2 is 2.38 bits per heavy atom. The summed E-state index contributed by atoms with van der Waals surface area (Å²) in [5.74, 6) is 1.44. The van der Waals surface area contributed by atoms with E-state index in [4.69, 9.17) is 0 Å². The highest BCUT2D eigenvalue weighted by Crippen LogP contribution is 2.26. The van der Waals surface area contributed by atoms with Crippen molar-refractivity contribution in [3.63, 3.8) is 0 Å². The summed E-state index contributed by atoms with van der Waals surface area (Å²) >= 11 is 0. The number of anilines is 1. The minimum Gasteiger partial charge on any atom is -0.262 e. The van der Waals surface area contributed by atoms with Crippen LogP contribution in [0.3, 0.4) is 0 Å². The number of nitrogens with one attached hydrogen (secondary N) is 1. The van der Waals surface area contributed by atoms with Crippen molar-refractivity contribution in [2.75, 3.05) is 5.43 Å². The highest BCUT2D eigenvalue weighted by Gasteiger charge is 2.18. The van der Waals surface area contributed by atoms with Crippen molar-refractivity contribution in [2.24, 2.45) is 11.0 Å². The van der Waals surface area contributed by atoms with E-state index in [-0.39, 0.29) is 0 Å². The first-order chi connectivity index (χ1) is 6.34. The Morgan fingerprint density at radius 3 is 3.08 bits per heavy atom. The molecule has 1 aliphatic carbocycles. The fourth-order valence-electron chi connectivity index (χ4n) is 0.970. The van der Waals surface area contributed by atoms with Gasteiger partial charge in [0.1, 0.15) is 12.1 Å². The summed E-state index contributed by atoms with van der Waals surface area (Å²) in [5, 5.41) is 4.08. The Balaban J connectivity index is 1.92. The number of hydrazone groups is 1. The number of hydrogen-bond acceptors (Lipinski definition) is 4. The van der Waals surface area contributed by atoms with Gasteiger partial charge in [0.15, 0.2) is 0 Å². The van der Waals surface area contributed by atoms with Crippen LogP contribution in [0.4, 0.5) is 5.82 Å². The van der Waals surface area contributed by atoms with E-state index in [1.807, 2.05) is 19.2 Å². The van der Waals surface area contributed by atoms with Gasteiger partial charge in [-0.05, 0) is 25.7 Å². The van der Waals surface area contributed by atoms with Gasteiger partial charge in [0.25, 0.3) is 0 Å². The summed E-state index contributed by atoms with van der Waals surface area (Å²) in [6.45, 7) is 1.93. The molecular formula is C9H12N4. The van der Waals surface area contributed by atoms with Crippen LogP contribution in [-0.4, -0.2) is 16.2 Å². The fourth-order valence-corrected chi connectivity index (χ4v) is 0.970. The van der Waals surface area contributed by atoms with Crippen LogP contribution in [0.5, 0.6) is 0 Å². The van der Waals surface area contributed by atoms with Crippen molar-refractivity contribution in [3.8, 4) is 0 Å². The van der Waals surface area contributed by atoms with E-state index in [0.717, 1.165) is 11.5 Å². The molecule has 0 saturated heterocycles. The van der Waals surface area contributed by atoms with Crippen molar-refractivity contribution in [1.82, 2.24) is 9.97 Å². The number of aryl methyl sites for hydroxylation is 1. The van der Waals surface area contributed by atoms with E-state index in [9.17, 15) is 0 Å². The van der Waals surface area contributed by atoms with Gasteiger partial charge in [-0.2, -0.15) is 5.10 Å². The van der Waals surface area contributed by atoms with Gasteiger partial charge in [0, 0.05) is 18.0 Å². The van der Waals surface area contributed by atoms with Crippen LogP contribution in [0.2, 0.25) is 0 Å². The maximum atomic E-state index is 4.08. The molecule has 0 aromatic carbocycles. The summed E-state index contributed by atoms with van der Waals surface area (Å²) < 4.78 is 0. The molecule has 0 amide bonds. The monoisotopic (exact) mass is 176 g/mol. The summed E-state index contributed by atoms with van der Waals surface area (Å²) in [7, 11) is 0. The highest BCUT2D eigenvalue weighted by atomic mass is 15.3. The Labute approximate surface area is 77.1 Å². The maximum Gasteiger partial charge on any atom is 0.149 e. The molecule has 0 unspecified atom stereocenters. The van der Waals surface area contributed by atoms with Crippen molar-refractivity contribution in [3.05, 3.63) is 18.1 Å². The quantitative estimate of drug-likeness (QED) is 0.562. The van der Waals surface area contributed by atoms with Crippen LogP contribution in [-0.2, 0) is 0 Å². The van der Waals surface area contributed by atoms with Crippen LogP contribution < -0.4 is 5.43 Å². The Morgan fingerprint density at radius 1 is 1.54 bits per heavy atom. The lowest BCUT2D eigenvalue weighted by Gasteiger charge is -1.98. The summed E-state index contributed by atoms with van der Waals surface area (Å²) in [6.07, 6.45) is 6.02. The first-order valence-corrected chi connectivity index (χ1v) is 4.42. The molecule has 2 rings (SSSR count). The molecule has 0 spiro atoms. The lowest BCUT2D eigenvalue weighted by atomic mass is 10.4. The molecule has 0 aliphatic heterocycles. The Hall–Kier alpha value is -1.45. The van der Waals surface area contributed by atoms with E-state index in [1.54, 1.807) is 0 Å². The van der Waals surface area contributed by atoms with E-state index >= 15 is 0 Å². The first-order valence-electron chi connectivity index (χ1n) is 4.42. The summed E-state index contributed by atoms with van der Waals surface area (Å²) in [4.78, 5) is 8.01. The van der Waals surface area contributed by atoms with Crippen LogP contribution in [0.15, 0.2) is 17.5 Å². The molecule has 13 heavy (non-hydrogen) atoms. The summed E-state index contributed by atoms with van der Waals surface area (Å²) in [6, 6.07) is 1.87. The Bertz CT molecular complexity index is 317. The standard InChI is InChI=1S/C9H12N4/c1-7-4-9(11-6-10-7)13-12-5-8-2-3-8/h4-6,8H,2-3H2,1H3,(H,10,11,13)/b12-5+. The van der Waals surface area contributed by atoms with Crippen LogP contribution in [0.1, 0.15) is 18.5 Å². The second-order valence-electron chi connectivity index (χ2n) is 3.27. The fraction of sp³-hybridized carbons (Fsp3) is 0.444. The molecule has 1 fully saturated rings. The van der Waals surface area contributed by atoms with Gasteiger partial charge < -0.3 is 0 Å². The predicted molar refractivity (Wildman–Crippen MR) is 51.6 cm³/mol. The topological polar surface area (TPSA) is 50.2 Å². The van der Waals surface area contributed by atoms with Gasteiger partial charge in [-0.3, -0.25) is 5.43 Å². The molecular weight excluding hydrogens is 164 g/mol. The van der Waals surface area contributed by atoms with Crippen molar-refractivity contribution in [2.45, 2.75) is 19.8 Å². The second-order valence-corrected chi connectivity index (χ2v) is 3.27. The van der Waals surface area contributed by atoms with Gasteiger partial charge in [-0.25, -0.2) is 9.97 Å². The molecule has 1 heterocycles. The van der Waals surface area contributed by atoms with E-state index in [0.29, 0.717) is 5.92 Å². The third-order valence-electron chi connectivity index (χ3n) is 1.89. The highest BCUT2D eigenvalue weighted by molar-refractivity contribution is 5.64. The van der Waals surface area contributed by atoms with E-state index in [2.05, 4.69) is 20.5 Å². The summed E-state index contributed by atoms with van der Waals surface area (Å²) in [5.41, 5.74) is 3.82. The molecule has 1 N–H and O–H groups in total. The van der Waals surface area contributed by atoms with Crippen LogP contribution in [0.25, 0.3) is 0 Å². The number of hydrogen-bond donors (Lipinski definition) is 1. The maximum absolute atomic E-state index is 4.08. The minimum atomic E-state index is 0.690. The SMILES string of the molecule is Cc1cc(N/N=C/C2CC2)ncn1. The van der Waals surface area contributed by atoms with Gasteiger partial charge in [0.05, 0.1) is 0 Å². The number of nitrogens with zero attached hydrogens (tertiary/aromatic N) is 3. The molecule has 1 saturated carbocycles. The third-order valence-corrected chi connectivity index (χ3v) is 1.89. The van der Waals surface area contributed by atoms with Crippen molar-refractivity contribution >= 4 is 12.0 Å². The number of rotatable bonds is 3. The van der Waals surface area contributed by atoms with Gasteiger partial charge in [-0.15, -0.1) is 0 Å². The smallest absolute Gasteiger partial charge is 0.149 e. The predicted octanol–water partition coefficient (Wildman–Crippen LogP) is 1.59. The molecule has 1 aromatic heterocycles. The molecule has 0 radical (unpaired) electrons. The van der Waals surface area contributed by atoms with Crippen LogP contribution in [0, 0.1) is 12.8 Å². The lowest BCUT2D eigenvalue weighted by molar-refractivity contribution is 1.08. The first kappa shape index (κ1) is 8.16. The normalized spacial score (nSPS) is 16.4. The molecule has 1 aliphatic rings. The van der Waals surface area contributed by atoms with E-state index in [1.165, 1.54) is 19.2 Å². The zero-order chi connectivity index (χ0) is 9.10. The molecule has 4 nitrogen and oxygen atoms in total. The van der Waals surface area contributed by atoms with Gasteiger partial charge in [-0.1, -0.05) is 0 Å². The average Bonchev–Trinajstić information content (AvgIpc) is 2.88. The van der Waals surface area contributed by atoms with Crippen LogP contribution >= 0.6 is 0 Å². The molecule has 68 valence electrons. The minimum absolute atomic E-state index is 0.690.